The number of aryl methyl sites for hydroxylation is 1. The highest BCUT2D eigenvalue weighted by atomic mass is 32.2. The molecule has 106 valence electrons. The molecule has 2 rings (SSSR count). The van der Waals surface area contributed by atoms with Gasteiger partial charge >= 0.3 is 6.03 Å². The van der Waals surface area contributed by atoms with Crippen LogP contribution in [0.5, 0.6) is 0 Å². The van der Waals surface area contributed by atoms with Crippen LogP contribution in [0.4, 0.5) is 4.79 Å². The molecule has 1 aromatic heterocycles. The van der Waals surface area contributed by atoms with Gasteiger partial charge in [0.25, 0.3) is 0 Å². The first kappa shape index (κ1) is 14.4. The van der Waals surface area contributed by atoms with Gasteiger partial charge < -0.3 is 9.88 Å². The molecule has 0 spiro atoms. The van der Waals surface area contributed by atoms with Gasteiger partial charge in [0.1, 0.15) is 0 Å². The van der Waals surface area contributed by atoms with Crippen LogP contribution in [0.2, 0.25) is 0 Å². The van der Waals surface area contributed by atoms with Crippen molar-refractivity contribution in [2.45, 2.75) is 11.6 Å². The molecule has 0 atom stereocenters. The topological polar surface area (TPSA) is 76.0 Å². The van der Waals surface area contributed by atoms with Gasteiger partial charge in [0.2, 0.25) is 5.91 Å². The number of imide groups is 1. The Balaban J connectivity index is 1.91. The van der Waals surface area contributed by atoms with Gasteiger partial charge in [-0.15, -0.1) is 0 Å². The molecule has 3 amide bonds. The van der Waals surface area contributed by atoms with E-state index in [9.17, 15) is 9.59 Å². The quantitative estimate of drug-likeness (QED) is 0.838. The second-order valence-electron chi connectivity index (χ2n) is 4.17. The second-order valence-corrected chi connectivity index (χ2v) is 5.23. The van der Waals surface area contributed by atoms with Gasteiger partial charge in [-0.05, 0) is 12.1 Å². The number of carbonyl (C=O) groups is 2. The molecule has 0 saturated carbocycles. The van der Waals surface area contributed by atoms with Crippen molar-refractivity contribution >= 4 is 34.7 Å². The van der Waals surface area contributed by atoms with E-state index in [1.54, 1.807) is 0 Å². The number of hydrogen-bond donors (Lipinski definition) is 2. The van der Waals surface area contributed by atoms with Crippen LogP contribution >= 0.6 is 11.8 Å². The molecule has 0 bridgehead atoms. The Kier molecular flexibility index (Phi) is 4.62. The van der Waals surface area contributed by atoms with Crippen LogP contribution in [0.3, 0.4) is 0 Å². The first-order valence-corrected chi connectivity index (χ1v) is 7.16. The number of amides is 3. The predicted molar refractivity (Wildman–Crippen MR) is 78.7 cm³/mol. The summed E-state index contributed by atoms with van der Waals surface area (Å²) in [6.45, 7) is 0. The normalized spacial score (nSPS) is 10.5. The highest BCUT2D eigenvalue weighted by Crippen LogP contribution is 2.22. The average Bonchev–Trinajstić information content (AvgIpc) is 2.76. The number of para-hydroxylation sites is 2. The molecule has 6 nitrogen and oxygen atoms in total. The van der Waals surface area contributed by atoms with E-state index >= 15 is 0 Å². The number of nitrogens with one attached hydrogen (secondary N) is 2. The Bertz CT molecular complexity index is 638. The SMILES string of the molecule is CNC(=O)NC(=O)CCSc1nc2ccccc2n1C. The largest absolute Gasteiger partial charge is 0.341 e. The minimum absolute atomic E-state index is 0.265. The van der Waals surface area contributed by atoms with Gasteiger partial charge in [-0.25, -0.2) is 9.78 Å². The van der Waals surface area contributed by atoms with Gasteiger partial charge in [0.15, 0.2) is 5.16 Å². The fourth-order valence-electron chi connectivity index (χ4n) is 1.74. The molecule has 0 aliphatic carbocycles. The number of imidazole rings is 1. The van der Waals surface area contributed by atoms with Crippen molar-refractivity contribution in [3.63, 3.8) is 0 Å². The maximum absolute atomic E-state index is 11.4. The smallest absolute Gasteiger partial charge is 0.321 e. The number of hydrogen-bond acceptors (Lipinski definition) is 4. The molecule has 0 aliphatic rings. The van der Waals surface area contributed by atoms with Gasteiger partial charge in [-0.1, -0.05) is 23.9 Å². The van der Waals surface area contributed by atoms with E-state index in [-0.39, 0.29) is 12.3 Å². The van der Waals surface area contributed by atoms with Gasteiger partial charge in [-0.2, -0.15) is 0 Å². The predicted octanol–water partition coefficient (Wildman–Crippen LogP) is 1.51. The maximum Gasteiger partial charge on any atom is 0.321 e. The first-order valence-electron chi connectivity index (χ1n) is 6.17. The van der Waals surface area contributed by atoms with Crippen molar-refractivity contribution < 1.29 is 9.59 Å². The summed E-state index contributed by atoms with van der Waals surface area (Å²) in [5.41, 5.74) is 2.00. The van der Waals surface area contributed by atoms with Gasteiger partial charge in [0, 0.05) is 26.3 Å². The van der Waals surface area contributed by atoms with Crippen LogP contribution < -0.4 is 10.6 Å². The third-order valence-electron chi connectivity index (χ3n) is 2.79. The number of rotatable bonds is 4. The molecule has 0 radical (unpaired) electrons. The van der Waals surface area contributed by atoms with Crippen molar-refractivity contribution in [2.75, 3.05) is 12.8 Å². The van der Waals surface area contributed by atoms with Crippen LogP contribution in [0, 0.1) is 0 Å². The Morgan fingerprint density at radius 1 is 1.35 bits per heavy atom. The molecular weight excluding hydrogens is 276 g/mol. The molecule has 0 aliphatic heterocycles. The van der Waals surface area contributed by atoms with Crippen LogP contribution in [0.15, 0.2) is 29.4 Å². The molecule has 1 aromatic carbocycles. The third-order valence-corrected chi connectivity index (χ3v) is 3.82. The molecule has 2 aromatic rings. The third kappa shape index (κ3) is 3.30. The summed E-state index contributed by atoms with van der Waals surface area (Å²) < 4.78 is 2.00. The van der Waals surface area contributed by atoms with Crippen LogP contribution in [-0.4, -0.2) is 34.3 Å². The first-order chi connectivity index (χ1) is 9.61. The summed E-state index contributed by atoms with van der Waals surface area (Å²) in [6, 6.07) is 7.39. The van der Waals surface area contributed by atoms with E-state index in [1.807, 2.05) is 35.9 Å². The van der Waals surface area contributed by atoms with E-state index < -0.39 is 6.03 Å². The molecule has 2 N–H and O–H groups in total. The fourth-order valence-corrected chi connectivity index (χ4v) is 2.66. The Labute approximate surface area is 120 Å². The molecule has 0 saturated heterocycles. The lowest BCUT2D eigenvalue weighted by atomic mass is 10.3. The van der Waals surface area contributed by atoms with Crippen molar-refractivity contribution in [3.8, 4) is 0 Å². The fraction of sp³-hybridized carbons (Fsp3) is 0.308. The number of benzene rings is 1. The zero-order chi connectivity index (χ0) is 14.5. The lowest BCUT2D eigenvalue weighted by Gasteiger charge is -2.03. The highest BCUT2D eigenvalue weighted by Gasteiger charge is 2.10. The molecule has 20 heavy (non-hydrogen) atoms. The molecule has 1 heterocycles. The van der Waals surface area contributed by atoms with Gasteiger partial charge in [0.05, 0.1) is 11.0 Å². The summed E-state index contributed by atoms with van der Waals surface area (Å²) in [7, 11) is 3.42. The van der Waals surface area contributed by atoms with Crippen molar-refractivity contribution in [1.29, 1.82) is 0 Å². The lowest BCUT2D eigenvalue weighted by molar-refractivity contribution is -0.119. The zero-order valence-electron chi connectivity index (χ0n) is 11.3. The monoisotopic (exact) mass is 292 g/mol. The van der Waals surface area contributed by atoms with E-state index in [1.165, 1.54) is 18.8 Å². The average molecular weight is 292 g/mol. The second kappa shape index (κ2) is 6.42. The van der Waals surface area contributed by atoms with E-state index in [2.05, 4.69) is 15.6 Å². The summed E-state index contributed by atoms with van der Waals surface area (Å²) >= 11 is 1.50. The molecular formula is C13H16N4O2S. The number of thioether (sulfide) groups is 1. The maximum atomic E-state index is 11.4. The summed E-state index contributed by atoms with van der Waals surface area (Å²) in [4.78, 5) is 26.9. The minimum Gasteiger partial charge on any atom is -0.341 e. The Morgan fingerprint density at radius 3 is 2.80 bits per heavy atom. The lowest BCUT2D eigenvalue weighted by Crippen LogP contribution is -2.37. The van der Waals surface area contributed by atoms with E-state index in [0.717, 1.165) is 16.2 Å². The number of carbonyl (C=O) groups excluding carboxylic acids is 2. The Morgan fingerprint density at radius 2 is 2.10 bits per heavy atom. The standard InChI is InChI=1S/C13H16N4O2S/c1-14-12(19)16-11(18)7-8-20-13-15-9-5-3-4-6-10(9)17(13)2/h3-6H,7-8H2,1-2H3,(H2,14,16,18,19). The number of aromatic nitrogens is 2. The summed E-state index contributed by atoms with van der Waals surface area (Å²) in [6.07, 6.45) is 0.265. The molecule has 0 fully saturated rings. The number of urea groups is 1. The van der Waals surface area contributed by atoms with E-state index in [4.69, 9.17) is 0 Å². The Hall–Kier alpha value is -2.02. The van der Waals surface area contributed by atoms with E-state index in [0.29, 0.717) is 5.75 Å². The van der Waals surface area contributed by atoms with Crippen LogP contribution in [0.25, 0.3) is 11.0 Å². The number of fused-ring (bicyclic) bond motifs is 1. The van der Waals surface area contributed by atoms with Gasteiger partial charge in [-0.3, -0.25) is 10.1 Å². The zero-order valence-corrected chi connectivity index (χ0v) is 12.2. The van der Waals surface area contributed by atoms with Crippen LogP contribution in [0.1, 0.15) is 6.42 Å². The highest BCUT2D eigenvalue weighted by molar-refractivity contribution is 7.99. The number of nitrogens with zero attached hydrogens (tertiary/aromatic N) is 2. The summed E-state index contributed by atoms with van der Waals surface area (Å²) in [5.74, 6) is 0.274. The molecule has 7 heteroatoms. The van der Waals surface area contributed by atoms with Crippen molar-refractivity contribution in [3.05, 3.63) is 24.3 Å². The minimum atomic E-state index is -0.484. The summed E-state index contributed by atoms with van der Waals surface area (Å²) in [5, 5.41) is 5.42. The molecule has 0 unspecified atom stereocenters. The van der Waals surface area contributed by atoms with Crippen LogP contribution in [-0.2, 0) is 11.8 Å². The van der Waals surface area contributed by atoms with Crippen molar-refractivity contribution in [1.82, 2.24) is 20.2 Å². The van der Waals surface area contributed by atoms with Crippen molar-refractivity contribution in [2.24, 2.45) is 7.05 Å².